The van der Waals surface area contributed by atoms with E-state index in [1.165, 1.54) is 47.8 Å². The van der Waals surface area contributed by atoms with Gasteiger partial charge in [0, 0.05) is 33.2 Å². The van der Waals surface area contributed by atoms with Crippen molar-refractivity contribution < 1.29 is 38.1 Å². The number of esters is 4. The van der Waals surface area contributed by atoms with Gasteiger partial charge in [-0.3, -0.25) is 0 Å². The maximum Gasteiger partial charge on any atom is 0.338 e. The van der Waals surface area contributed by atoms with Gasteiger partial charge in [-0.05, 0) is 38.1 Å². The minimum atomic E-state index is -0.603. The topological polar surface area (TPSA) is 105 Å². The van der Waals surface area contributed by atoms with Crippen LogP contribution in [-0.4, -0.2) is 71.3 Å². The summed E-state index contributed by atoms with van der Waals surface area (Å²) >= 11 is 3.01. The average Bonchev–Trinajstić information content (AvgIpc) is 3.04. The van der Waals surface area contributed by atoms with Crippen molar-refractivity contribution in [1.29, 1.82) is 0 Å². The fourth-order valence-electron chi connectivity index (χ4n) is 2.97. The molecule has 34 heavy (non-hydrogen) atoms. The molecule has 2 aliphatic rings. The van der Waals surface area contributed by atoms with Gasteiger partial charge in [0.25, 0.3) is 0 Å². The standard InChI is InChI=1S/C24H26O8S2/c1-13-15(3)33-11-19(31-21(13)25)9-29-23(27)17-5-7-18(8-6-17)24(28)30-10-20-12-34-16(4)14(2)22(26)32-20/h5-8,15-16,19-20H,1-2,9-12H2,3-4H3. The van der Waals surface area contributed by atoms with Crippen LogP contribution in [0.2, 0.25) is 0 Å². The van der Waals surface area contributed by atoms with Crippen LogP contribution in [0.5, 0.6) is 0 Å². The highest BCUT2D eigenvalue weighted by molar-refractivity contribution is 8.00. The van der Waals surface area contributed by atoms with Crippen LogP contribution in [0.1, 0.15) is 34.6 Å². The lowest BCUT2D eigenvalue weighted by Gasteiger charge is -2.15. The first-order chi connectivity index (χ1) is 16.2. The minimum Gasteiger partial charge on any atom is -0.458 e. The number of rotatable bonds is 6. The maximum absolute atomic E-state index is 12.4. The number of carbonyl (C=O) groups is 4. The number of benzene rings is 1. The zero-order valence-electron chi connectivity index (χ0n) is 18.9. The molecule has 2 heterocycles. The van der Waals surface area contributed by atoms with Gasteiger partial charge >= 0.3 is 23.9 Å². The van der Waals surface area contributed by atoms with Gasteiger partial charge in [0.15, 0.2) is 0 Å². The minimum absolute atomic E-state index is 0.0584. The van der Waals surface area contributed by atoms with Gasteiger partial charge in [-0.25, -0.2) is 19.2 Å². The lowest BCUT2D eigenvalue weighted by molar-refractivity contribution is -0.145. The smallest absolute Gasteiger partial charge is 0.338 e. The molecule has 0 aliphatic carbocycles. The van der Waals surface area contributed by atoms with Crippen molar-refractivity contribution in [1.82, 2.24) is 0 Å². The van der Waals surface area contributed by atoms with Gasteiger partial charge in [-0.2, -0.15) is 0 Å². The van der Waals surface area contributed by atoms with E-state index in [4.69, 9.17) is 18.9 Å². The Morgan fingerprint density at radius 3 is 1.53 bits per heavy atom. The summed E-state index contributed by atoms with van der Waals surface area (Å²) < 4.78 is 21.1. The zero-order chi connectivity index (χ0) is 24.8. The fourth-order valence-corrected chi connectivity index (χ4v) is 4.90. The highest BCUT2D eigenvalue weighted by atomic mass is 32.2. The van der Waals surface area contributed by atoms with E-state index in [9.17, 15) is 19.2 Å². The zero-order valence-corrected chi connectivity index (χ0v) is 20.6. The first-order valence-electron chi connectivity index (χ1n) is 10.6. The second-order valence-electron chi connectivity index (χ2n) is 7.83. The van der Waals surface area contributed by atoms with E-state index in [2.05, 4.69) is 13.2 Å². The summed E-state index contributed by atoms with van der Waals surface area (Å²) in [7, 11) is 0. The summed E-state index contributed by atoms with van der Waals surface area (Å²) in [5.74, 6) is -1.20. The Morgan fingerprint density at radius 2 is 1.18 bits per heavy atom. The molecule has 0 radical (unpaired) electrons. The molecule has 0 aromatic heterocycles. The van der Waals surface area contributed by atoms with Crippen LogP contribution in [0, 0.1) is 0 Å². The summed E-state index contributed by atoms with van der Waals surface area (Å²) in [4.78, 5) is 48.5. The van der Waals surface area contributed by atoms with Gasteiger partial charge in [-0.15, -0.1) is 23.5 Å². The van der Waals surface area contributed by atoms with E-state index < -0.39 is 36.1 Å². The Morgan fingerprint density at radius 1 is 0.824 bits per heavy atom. The molecule has 2 aliphatic heterocycles. The maximum atomic E-state index is 12.4. The highest BCUT2D eigenvalue weighted by Gasteiger charge is 2.29. The van der Waals surface area contributed by atoms with Crippen LogP contribution < -0.4 is 0 Å². The van der Waals surface area contributed by atoms with Crippen molar-refractivity contribution in [2.45, 2.75) is 36.6 Å². The van der Waals surface area contributed by atoms with Crippen LogP contribution in [0.25, 0.3) is 0 Å². The van der Waals surface area contributed by atoms with Crippen LogP contribution in [0.3, 0.4) is 0 Å². The van der Waals surface area contributed by atoms with E-state index in [0.29, 0.717) is 22.7 Å². The van der Waals surface area contributed by atoms with Crippen LogP contribution in [-0.2, 0) is 28.5 Å². The van der Waals surface area contributed by atoms with Gasteiger partial charge in [0.2, 0.25) is 0 Å². The molecule has 4 atom stereocenters. The predicted molar refractivity (Wildman–Crippen MR) is 129 cm³/mol. The highest BCUT2D eigenvalue weighted by Crippen LogP contribution is 2.26. The monoisotopic (exact) mass is 506 g/mol. The molecule has 0 N–H and O–H groups in total. The van der Waals surface area contributed by atoms with Crippen molar-refractivity contribution in [2.75, 3.05) is 24.7 Å². The van der Waals surface area contributed by atoms with E-state index in [1.54, 1.807) is 0 Å². The normalized spacial score (nSPS) is 25.5. The van der Waals surface area contributed by atoms with Crippen molar-refractivity contribution in [2.24, 2.45) is 0 Å². The first-order valence-corrected chi connectivity index (χ1v) is 12.7. The third-order valence-corrected chi connectivity index (χ3v) is 7.97. The van der Waals surface area contributed by atoms with Crippen molar-refractivity contribution in [3.8, 4) is 0 Å². The third kappa shape index (κ3) is 6.66. The summed E-state index contributed by atoms with van der Waals surface area (Å²) in [5.41, 5.74) is 1.25. The molecular formula is C24H26O8S2. The Labute approximate surface area is 206 Å². The second kappa shape index (κ2) is 11.6. The Balaban J connectivity index is 1.48. The van der Waals surface area contributed by atoms with Crippen LogP contribution >= 0.6 is 23.5 Å². The molecular weight excluding hydrogens is 480 g/mol. The number of cyclic esters (lactones) is 2. The number of carbonyl (C=O) groups excluding carboxylic acids is 4. The van der Waals surface area contributed by atoms with Crippen molar-refractivity contribution in [3.05, 3.63) is 59.7 Å². The summed E-state index contributed by atoms with van der Waals surface area (Å²) in [6.45, 7) is 11.0. The largest absolute Gasteiger partial charge is 0.458 e. The Kier molecular flexibility index (Phi) is 8.84. The van der Waals surface area contributed by atoms with Crippen LogP contribution in [0.15, 0.2) is 48.6 Å². The van der Waals surface area contributed by atoms with E-state index in [0.717, 1.165) is 0 Å². The summed E-state index contributed by atoms with van der Waals surface area (Å²) in [6, 6.07) is 5.79. The lowest BCUT2D eigenvalue weighted by Crippen LogP contribution is -2.26. The number of hydrogen-bond acceptors (Lipinski definition) is 10. The molecule has 0 bridgehead atoms. The molecule has 0 spiro atoms. The first kappa shape index (κ1) is 25.9. The molecule has 182 valence electrons. The molecule has 0 amide bonds. The second-order valence-corrected chi connectivity index (χ2v) is 10.6. The molecule has 2 fully saturated rings. The molecule has 2 saturated heterocycles. The molecule has 3 rings (SSSR count). The molecule has 1 aromatic carbocycles. The van der Waals surface area contributed by atoms with E-state index in [1.807, 2.05) is 13.8 Å². The van der Waals surface area contributed by atoms with Gasteiger partial charge < -0.3 is 18.9 Å². The van der Waals surface area contributed by atoms with Gasteiger partial charge in [-0.1, -0.05) is 13.2 Å². The number of hydrogen-bond donors (Lipinski definition) is 0. The Hall–Kier alpha value is -2.72. The molecule has 0 saturated carbocycles. The molecule has 1 aromatic rings. The van der Waals surface area contributed by atoms with Crippen molar-refractivity contribution >= 4 is 47.4 Å². The molecule has 4 unspecified atom stereocenters. The fraction of sp³-hybridized carbons (Fsp3) is 0.417. The quantitative estimate of drug-likeness (QED) is 0.324. The summed E-state index contributed by atoms with van der Waals surface area (Å²) in [5, 5.41) is -0.117. The summed E-state index contributed by atoms with van der Waals surface area (Å²) in [6.07, 6.45) is -1.12. The van der Waals surface area contributed by atoms with Crippen molar-refractivity contribution in [3.63, 3.8) is 0 Å². The van der Waals surface area contributed by atoms with Gasteiger partial charge in [0.1, 0.15) is 25.4 Å². The number of ether oxygens (including phenoxy) is 4. The van der Waals surface area contributed by atoms with Gasteiger partial charge in [0.05, 0.1) is 11.1 Å². The Bertz CT molecular complexity index is 908. The van der Waals surface area contributed by atoms with Crippen LogP contribution in [0.4, 0.5) is 0 Å². The molecule has 8 nitrogen and oxygen atoms in total. The SMILES string of the molecule is C=C1C(=O)OC(COC(=O)c2ccc(C(=O)OCC3CSC(C)C(=C)C(=O)O3)cc2)CSC1C. The number of thioether (sulfide) groups is 2. The average molecular weight is 507 g/mol. The molecule has 10 heteroatoms. The third-order valence-electron chi connectivity index (χ3n) is 5.27. The predicted octanol–water partition coefficient (Wildman–Crippen LogP) is 3.21. The lowest BCUT2D eigenvalue weighted by atomic mass is 10.1. The van der Waals surface area contributed by atoms with E-state index >= 15 is 0 Å². The van der Waals surface area contributed by atoms with E-state index in [-0.39, 0.29) is 34.8 Å².